The van der Waals surface area contributed by atoms with Gasteiger partial charge in [0.05, 0.1) is 6.54 Å². The summed E-state index contributed by atoms with van der Waals surface area (Å²) in [5.41, 5.74) is 6.94. The number of benzene rings is 1. The van der Waals surface area contributed by atoms with Crippen LogP contribution in [-0.2, 0) is 11.3 Å². The quantitative estimate of drug-likeness (QED) is 0.752. The maximum atomic E-state index is 11.5. The molecule has 0 saturated heterocycles. The fourth-order valence-corrected chi connectivity index (χ4v) is 1.10. The summed E-state index contributed by atoms with van der Waals surface area (Å²) in [4.78, 5) is 22.1. The Labute approximate surface area is 88.5 Å². The molecule has 4 nitrogen and oxygen atoms in total. The zero-order chi connectivity index (χ0) is 11.3. The van der Waals surface area contributed by atoms with Crippen LogP contribution in [0.3, 0.4) is 0 Å². The lowest BCUT2D eigenvalue weighted by Crippen LogP contribution is -2.28. The van der Waals surface area contributed by atoms with Crippen molar-refractivity contribution in [3.05, 3.63) is 35.4 Å². The lowest BCUT2D eigenvalue weighted by atomic mass is 10.1. The Bertz CT molecular complexity index is 357. The number of hydrogen-bond donors (Lipinski definition) is 2. The van der Waals surface area contributed by atoms with E-state index >= 15 is 0 Å². The molecule has 80 valence electrons. The van der Waals surface area contributed by atoms with Crippen LogP contribution < -0.4 is 11.1 Å². The summed E-state index contributed by atoms with van der Waals surface area (Å²) in [5, 5.41) is 2.52. The van der Waals surface area contributed by atoms with Crippen LogP contribution in [0.25, 0.3) is 0 Å². The zero-order valence-corrected chi connectivity index (χ0v) is 8.62. The normalized spacial score (nSPS) is 9.73. The third-order valence-corrected chi connectivity index (χ3v) is 1.95. The van der Waals surface area contributed by atoms with Gasteiger partial charge >= 0.3 is 0 Å². The highest BCUT2D eigenvalue weighted by atomic mass is 16.2. The molecule has 0 aliphatic carbocycles. The molecule has 1 rings (SSSR count). The maximum absolute atomic E-state index is 11.5. The molecule has 3 N–H and O–H groups in total. The van der Waals surface area contributed by atoms with Gasteiger partial charge in [-0.05, 0) is 24.6 Å². The van der Waals surface area contributed by atoms with E-state index in [4.69, 9.17) is 5.73 Å². The Morgan fingerprint density at radius 3 is 2.33 bits per heavy atom. The van der Waals surface area contributed by atoms with Gasteiger partial charge in [-0.2, -0.15) is 0 Å². The molecule has 0 heterocycles. The summed E-state index contributed by atoms with van der Waals surface area (Å²) in [6.07, 6.45) is 0. The van der Waals surface area contributed by atoms with Crippen molar-refractivity contribution >= 4 is 11.7 Å². The molecule has 0 aromatic heterocycles. The molecule has 1 aromatic carbocycles. The highest BCUT2D eigenvalue weighted by molar-refractivity contribution is 5.96. The summed E-state index contributed by atoms with van der Waals surface area (Å²) in [5.74, 6) is -0.310. The van der Waals surface area contributed by atoms with Crippen LogP contribution in [0.5, 0.6) is 0 Å². The number of hydrogen-bond acceptors (Lipinski definition) is 3. The van der Waals surface area contributed by atoms with E-state index in [1.165, 1.54) is 6.92 Å². The Kier molecular flexibility index (Phi) is 4.00. The highest BCUT2D eigenvalue weighted by Crippen LogP contribution is 2.03. The molecule has 0 atom stereocenters. The maximum Gasteiger partial charge on any atom is 0.251 e. The lowest BCUT2D eigenvalue weighted by molar-refractivity contribution is -0.116. The van der Waals surface area contributed by atoms with Crippen molar-refractivity contribution in [1.29, 1.82) is 0 Å². The van der Waals surface area contributed by atoms with Crippen LogP contribution >= 0.6 is 0 Å². The van der Waals surface area contributed by atoms with E-state index in [1.807, 2.05) is 0 Å². The minimum atomic E-state index is -0.242. The lowest BCUT2D eigenvalue weighted by Gasteiger charge is -2.03. The topological polar surface area (TPSA) is 72.2 Å². The predicted octanol–water partition coefficient (Wildman–Crippen LogP) is 0.464. The average Bonchev–Trinajstić information content (AvgIpc) is 2.26. The SMILES string of the molecule is CC(=O)CNC(=O)c1ccc(CN)cc1. The number of carbonyl (C=O) groups is 2. The molecule has 0 saturated carbocycles. The van der Waals surface area contributed by atoms with Crippen LogP contribution in [0.2, 0.25) is 0 Å². The first-order valence-corrected chi connectivity index (χ1v) is 4.70. The molecule has 4 heteroatoms. The van der Waals surface area contributed by atoms with Gasteiger partial charge < -0.3 is 11.1 Å². The summed E-state index contributed by atoms with van der Waals surface area (Å²) >= 11 is 0. The Balaban J connectivity index is 2.62. The first-order chi connectivity index (χ1) is 7.13. The number of ketones is 1. The summed E-state index contributed by atoms with van der Waals surface area (Å²) in [7, 11) is 0. The van der Waals surface area contributed by atoms with E-state index in [1.54, 1.807) is 24.3 Å². The summed E-state index contributed by atoms with van der Waals surface area (Å²) in [6, 6.07) is 6.97. The van der Waals surface area contributed by atoms with Crippen LogP contribution in [0, 0.1) is 0 Å². The van der Waals surface area contributed by atoms with Gasteiger partial charge in [-0.25, -0.2) is 0 Å². The molecule has 0 aliphatic rings. The van der Waals surface area contributed by atoms with Crippen molar-refractivity contribution in [3.8, 4) is 0 Å². The van der Waals surface area contributed by atoms with Gasteiger partial charge in [-0.15, -0.1) is 0 Å². The fraction of sp³-hybridized carbons (Fsp3) is 0.273. The second-order valence-corrected chi connectivity index (χ2v) is 3.29. The van der Waals surface area contributed by atoms with Crippen molar-refractivity contribution in [2.75, 3.05) is 6.54 Å². The van der Waals surface area contributed by atoms with Crippen molar-refractivity contribution in [3.63, 3.8) is 0 Å². The molecule has 0 radical (unpaired) electrons. The van der Waals surface area contributed by atoms with Crippen LogP contribution in [-0.4, -0.2) is 18.2 Å². The number of rotatable bonds is 4. The molecule has 15 heavy (non-hydrogen) atoms. The minimum Gasteiger partial charge on any atom is -0.345 e. The average molecular weight is 206 g/mol. The van der Waals surface area contributed by atoms with Gasteiger partial charge in [0.25, 0.3) is 5.91 Å². The van der Waals surface area contributed by atoms with Gasteiger partial charge in [0, 0.05) is 12.1 Å². The smallest absolute Gasteiger partial charge is 0.251 e. The molecule has 0 unspecified atom stereocenters. The van der Waals surface area contributed by atoms with E-state index in [0.717, 1.165) is 5.56 Å². The highest BCUT2D eigenvalue weighted by Gasteiger charge is 2.04. The zero-order valence-electron chi connectivity index (χ0n) is 8.62. The van der Waals surface area contributed by atoms with E-state index in [2.05, 4.69) is 5.32 Å². The Morgan fingerprint density at radius 2 is 1.87 bits per heavy atom. The number of carbonyl (C=O) groups excluding carboxylic acids is 2. The fourth-order valence-electron chi connectivity index (χ4n) is 1.10. The van der Waals surface area contributed by atoms with Crippen LogP contribution in [0.15, 0.2) is 24.3 Å². The van der Waals surface area contributed by atoms with E-state index in [9.17, 15) is 9.59 Å². The Morgan fingerprint density at radius 1 is 1.27 bits per heavy atom. The van der Waals surface area contributed by atoms with Crippen LogP contribution in [0.4, 0.5) is 0 Å². The monoisotopic (exact) mass is 206 g/mol. The molecular formula is C11H14N2O2. The van der Waals surface area contributed by atoms with Gasteiger partial charge in [-0.3, -0.25) is 9.59 Å². The molecule has 0 fully saturated rings. The second kappa shape index (κ2) is 5.26. The first-order valence-electron chi connectivity index (χ1n) is 4.70. The van der Waals surface area contributed by atoms with Crippen molar-refractivity contribution in [2.45, 2.75) is 13.5 Å². The number of nitrogens with two attached hydrogens (primary N) is 1. The molecule has 0 spiro atoms. The summed E-state index contributed by atoms with van der Waals surface area (Å²) < 4.78 is 0. The van der Waals surface area contributed by atoms with E-state index in [0.29, 0.717) is 12.1 Å². The molecule has 0 bridgehead atoms. The van der Waals surface area contributed by atoms with E-state index in [-0.39, 0.29) is 18.2 Å². The first kappa shape index (κ1) is 11.4. The van der Waals surface area contributed by atoms with Crippen molar-refractivity contribution < 1.29 is 9.59 Å². The van der Waals surface area contributed by atoms with Crippen molar-refractivity contribution in [1.82, 2.24) is 5.32 Å². The van der Waals surface area contributed by atoms with Crippen molar-refractivity contribution in [2.24, 2.45) is 5.73 Å². The third kappa shape index (κ3) is 3.52. The number of Topliss-reactive ketones (excluding diaryl/α,β-unsaturated/α-hetero) is 1. The minimum absolute atomic E-state index is 0.0669. The number of nitrogens with one attached hydrogen (secondary N) is 1. The van der Waals surface area contributed by atoms with Gasteiger partial charge in [-0.1, -0.05) is 12.1 Å². The Hall–Kier alpha value is -1.68. The summed E-state index contributed by atoms with van der Waals surface area (Å²) in [6.45, 7) is 1.95. The third-order valence-electron chi connectivity index (χ3n) is 1.95. The predicted molar refractivity (Wildman–Crippen MR) is 57.3 cm³/mol. The van der Waals surface area contributed by atoms with Gasteiger partial charge in [0.1, 0.15) is 5.78 Å². The number of amides is 1. The molecule has 1 aromatic rings. The van der Waals surface area contributed by atoms with Gasteiger partial charge in [0.2, 0.25) is 0 Å². The molecule has 0 aliphatic heterocycles. The van der Waals surface area contributed by atoms with E-state index < -0.39 is 0 Å². The largest absolute Gasteiger partial charge is 0.345 e. The second-order valence-electron chi connectivity index (χ2n) is 3.29. The standard InChI is InChI=1S/C11H14N2O2/c1-8(14)7-13-11(15)10-4-2-9(6-12)3-5-10/h2-5H,6-7,12H2,1H3,(H,13,15). The molecular weight excluding hydrogens is 192 g/mol. The van der Waals surface area contributed by atoms with Crippen LogP contribution in [0.1, 0.15) is 22.8 Å². The van der Waals surface area contributed by atoms with Gasteiger partial charge in [0.15, 0.2) is 0 Å². The molecule has 1 amide bonds.